The van der Waals surface area contributed by atoms with Gasteiger partial charge in [-0.15, -0.1) is 0 Å². The van der Waals surface area contributed by atoms with Crippen LogP contribution in [0.25, 0.3) is 0 Å². The summed E-state index contributed by atoms with van der Waals surface area (Å²) >= 11 is 0. The van der Waals surface area contributed by atoms with Crippen LogP contribution in [0.3, 0.4) is 0 Å². The van der Waals surface area contributed by atoms with Gasteiger partial charge in [0.15, 0.2) is 34.6 Å². The van der Waals surface area contributed by atoms with E-state index in [0.717, 1.165) is 0 Å². The van der Waals surface area contributed by atoms with Crippen molar-refractivity contribution < 1.29 is 33.6 Å². The third-order valence-electron chi connectivity index (χ3n) is 4.37. The lowest BCUT2D eigenvalue weighted by atomic mass is 9.91. The fraction of sp³-hybridized carbons (Fsp3) is 0.263. The molecule has 0 unspecified atom stereocenters. The van der Waals surface area contributed by atoms with E-state index in [2.05, 4.69) is 0 Å². The molecule has 2 aromatic rings. The van der Waals surface area contributed by atoms with Gasteiger partial charge in [-0.1, -0.05) is 0 Å². The third kappa shape index (κ3) is 2.97. The van der Waals surface area contributed by atoms with Gasteiger partial charge in [-0.05, 0) is 36.4 Å². The van der Waals surface area contributed by atoms with Gasteiger partial charge in [0.2, 0.25) is 13.6 Å². The van der Waals surface area contributed by atoms with Crippen LogP contribution in [0.2, 0.25) is 0 Å². The number of ether oxygens (including phenoxy) is 4. The number of benzene rings is 2. The molecule has 0 radical (unpaired) electrons. The minimum Gasteiger partial charge on any atom is -0.454 e. The molecule has 0 aliphatic carbocycles. The molecule has 1 N–H and O–H groups in total. The van der Waals surface area contributed by atoms with Gasteiger partial charge in [0.05, 0.1) is 12.5 Å². The fourth-order valence-corrected chi connectivity index (χ4v) is 2.94. The number of aliphatic hydroxyl groups excluding tert-OH is 1. The van der Waals surface area contributed by atoms with E-state index in [-0.39, 0.29) is 31.6 Å². The predicted octanol–water partition coefficient (Wildman–Crippen LogP) is 2.21. The van der Waals surface area contributed by atoms with Crippen molar-refractivity contribution in [3.8, 4) is 23.0 Å². The first-order valence-corrected chi connectivity index (χ1v) is 8.13. The summed E-state index contributed by atoms with van der Waals surface area (Å²) in [5.41, 5.74) is 0.776. The molecule has 0 aromatic heterocycles. The Labute approximate surface area is 149 Å². The maximum Gasteiger partial charge on any atom is 0.231 e. The van der Waals surface area contributed by atoms with Crippen molar-refractivity contribution >= 4 is 11.6 Å². The van der Waals surface area contributed by atoms with Crippen LogP contribution in [0.5, 0.6) is 23.0 Å². The lowest BCUT2D eigenvalue weighted by molar-refractivity contribution is 0.0791. The SMILES string of the molecule is O=C(C[C@@H](CO)C(=O)c1ccc2c(c1)OCO2)c1ccc2c(c1)OCO2. The number of hydrogen-bond acceptors (Lipinski definition) is 7. The average Bonchev–Trinajstić information content (AvgIpc) is 3.32. The van der Waals surface area contributed by atoms with Crippen molar-refractivity contribution in [2.45, 2.75) is 6.42 Å². The second-order valence-corrected chi connectivity index (χ2v) is 6.01. The van der Waals surface area contributed by atoms with E-state index in [9.17, 15) is 14.7 Å². The van der Waals surface area contributed by atoms with Gasteiger partial charge in [-0.3, -0.25) is 9.59 Å². The number of hydrogen-bond donors (Lipinski definition) is 1. The van der Waals surface area contributed by atoms with E-state index in [1.54, 1.807) is 36.4 Å². The smallest absolute Gasteiger partial charge is 0.231 e. The highest BCUT2D eigenvalue weighted by atomic mass is 16.7. The Hall–Kier alpha value is -3.06. The number of carbonyl (C=O) groups is 2. The third-order valence-corrected chi connectivity index (χ3v) is 4.37. The van der Waals surface area contributed by atoms with Crippen LogP contribution in [-0.4, -0.2) is 36.9 Å². The minimum absolute atomic E-state index is 0.108. The average molecular weight is 356 g/mol. The lowest BCUT2D eigenvalue weighted by Gasteiger charge is -2.13. The molecular weight excluding hydrogens is 340 g/mol. The minimum atomic E-state index is -0.840. The molecule has 2 aromatic carbocycles. The van der Waals surface area contributed by atoms with E-state index in [1.165, 1.54) is 0 Å². The molecule has 1 atom stereocenters. The summed E-state index contributed by atoms with van der Waals surface area (Å²) in [6.07, 6.45) is -0.108. The number of rotatable bonds is 6. The van der Waals surface area contributed by atoms with Gasteiger partial charge in [0, 0.05) is 17.5 Å². The van der Waals surface area contributed by atoms with Crippen LogP contribution >= 0.6 is 0 Å². The molecule has 2 heterocycles. The fourth-order valence-electron chi connectivity index (χ4n) is 2.94. The largest absolute Gasteiger partial charge is 0.454 e. The first-order chi connectivity index (χ1) is 12.7. The maximum absolute atomic E-state index is 12.7. The van der Waals surface area contributed by atoms with Crippen molar-refractivity contribution in [2.24, 2.45) is 5.92 Å². The zero-order chi connectivity index (χ0) is 18.1. The number of aliphatic hydroxyl groups is 1. The summed E-state index contributed by atoms with van der Waals surface area (Å²) in [7, 11) is 0. The summed E-state index contributed by atoms with van der Waals surface area (Å²) < 4.78 is 21.0. The topological polar surface area (TPSA) is 91.3 Å². The number of Topliss-reactive ketones (excluding diaryl/α,β-unsaturated/α-hetero) is 2. The molecule has 7 nitrogen and oxygen atoms in total. The normalized spacial score (nSPS) is 15.0. The molecule has 0 saturated carbocycles. The number of carbonyl (C=O) groups excluding carboxylic acids is 2. The highest BCUT2D eigenvalue weighted by molar-refractivity contribution is 6.04. The Balaban J connectivity index is 1.50. The molecule has 0 amide bonds. The molecule has 0 saturated heterocycles. The van der Waals surface area contributed by atoms with Crippen LogP contribution in [0.1, 0.15) is 27.1 Å². The van der Waals surface area contributed by atoms with Crippen LogP contribution < -0.4 is 18.9 Å². The first kappa shape index (κ1) is 16.4. The van der Waals surface area contributed by atoms with Gasteiger partial charge in [0.1, 0.15) is 0 Å². The van der Waals surface area contributed by atoms with Crippen molar-refractivity contribution in [3.05, 3.63) is 47.5 Å². The molecule has 7 heteroatoms. The monoisotopic (exact) mass is 356 g/mol. The van der Waals surface area contributed by atoms with Gasteiger partial charge < -0.3 is 24.1 Å². The Bertz CT molecular complexity index is 874. The van der Waals surface area contributed by atoms with Gasteiger partial charge in [0.25, 0.3) is 0 Å². The molecule has 0 bridgehead atoms. The molecular formula is C19H16O7. The summed E-state index contributed by atoms with van der Waals surface area (Å²) in [4.78, 5) is 25.2. The van der Waals surface area contributed by atoms with Gasteiger partial charge >= 0.3 is 0 Å². The standard InChI is InChI=1S/C19H16O7/c20-8-13(19(22)12-2-4-16-18(7-12)26-10-24-16)5-14(21)11-1-3-15-17(6-11)25-9-23-15/h1-4,6-7,13,20H,5,8-10H2/t13-/m0/s1. The first-order valence-electron chi connectivity index (χ1n) is 8.13. The Morgan fingerprint density at radius 2 is 1.38 bits per heavy atom. The molecule has 26 heavy (non-hydrogen) atoms. The predicted molar refractivity (Wildman–Crippen MR) is 89.0 cm³/mol. The van der Waals surface area contributed by atoms with E-state index in [4.69, 9.17) is 18.9 Å². The lowest BCUT2D eigenvalue weighted by Crippen LogP contribution is -2.22. The molecule has 0 fully saturated rings. The van der Waals surface area contributed by atoms with E-state index in [1.807, 2.05) is 0 Å². The summed E-state index contributed by atoms with van der Waals surface area (Å²) in [5.74, 6) is 0.716. The highest BCUT2D eigenvalue weighted by Crippen LogP contribution is 2.34. The van der Waals surface area contributed by atoms with Crippen LogP contribution in [-0.2, 0) is 0 Å². The Morgan fingerprint density at radius 3 is 2.00 bits per heavy atom. The van der Waals surface area contributed by atoms with E-state index >= 15 is 0 Å². The molecule has 4 rings (SSSR count). The number of fused-ring (bicyclic) bond motifs is 2. The molecule has 134 valence electrons. The van der Waals surface area contributed by atoms with Crippen molar-refractivity contribution in [1.29, 1.82) is 0 Å². The van der Waals surface area contributed by atoms with Crippen molar-refractivity contribution in [3.63, 3.8) is 0 Å². The highest BCUT2D eigenvalue weighted by Gasteiger charge is 2.26. The van der Waals surface area contributed by atoms with E-state index in [0.29, 0.717) is 34.1 Å². The van der Waals surface area contributed by atoms with Gasteiger partial charge in [-0.2, -0.15) is 0 Å². The van der Waals surface area contributed by atoms with Crippen molar-refractivity contribution in [2.75, 3.05) is 20.2 Å². The Kier molecular flexibility index (Phi) is 4.22. The zero-order valence-electron chi connectivity index (χ0n) is 13.8. The second kappa shape index (κ2) is 6.68. The molecule has 0 spiro atoms. The quantitative estimate of drug-likeness (QED) is 0.794. The van der Waals surface area contributed by atoms with Gasteiger partial charge in [-0.25, -0.2) is 0 Å². The van der Waals surface area contributed by atoms with E-state index < -0.39 is 12.5 Å². The molecule has 2 aliphatic heterocycles. The van der Waals surface area contributed by atoms with Crippen molar-refractivity contribution in [1.82, 2.24) is 0 Å². The Morgan fingerprint density at radius 1 is 0.846 bits per heavy atom. The molecule has 2 aliphatic rings. The maximum atomic E-state index is 12.7. The second-order valence-electron chi connectivity index (χ2n) is 6.01. The van der Waals surface area contributed by atoms with Crippen LogP contribution in [0.15, 0.2) is 36.4 Å². The van der Waals surface area contributed by atoms with Crippen LogP contribution in [0, 0.1) is 5.92 Å². The zero-order valence-corrected chi connectivity index (χ0v) is 13.8. The summed E-state index contributed by atoms with van der Waals surface area (Å²) in [5, 5.41) is 9.63. The number of ketones is 2. The summed E-state index contributed by atoms with van der Waals surface area (Å²) in [6.45, 7) is -0.197. The summed E-state index contributed by atoms with van der Waals surface area (Å²) in [6, 6.07) is 9.67. The van der Waals surface area contributed by atoms with Crippen LogP contribution in [0.4, 0.5) is 0 Å².